The van der Waals surface area contributed by atoms with E-state index in [-0.39, 0.29) is 33.7 Å². The number of hydrogen-bond acceptors (Lipinski definition) is 5. The second-order valence-electron chi connectivity index (χ2n) is 7.23. The highest BCUT2D eigenvalue weighted by molar-refractivity contribution is 7.89. The molecule has 174 valence electrons. The molecule has 1 atom stereocenters. The Hall–Kier alpha value is -3.21. The standard InChI is InChI=1S/C23H21F3N2O4S/c1-14(2)31-17-7-9-18(10-8-17)32-21-12-15(23(24,25)26)6-11-20(21)22(29)28-16-4-3-5-19(13-16)33(27)30/h3-14H,27H2,1-2H3,(H,28,29). The highest BCUT2D eigenvalue weighted by Crippen LogP contribution is 2.35. The second kappa shape index (κ2) is 10.2. The zero-order chi connectivity index (χ0) is 24.2. The number of alkyl halides is 3. The minimum absolute atomic E-state index is 0.0502. The lowest BCUT2D eigenvalue weighted by atomic mass is 10.1. The molecule has 10 heteroatoms. The van der Waals surface area contributed by atoms with Gasteiger partial charge >= 0.3 is 6.18 Å². The van der Waals surface area contributed by atoms with E-state index in [1.807, 2.05) is 13.8 Å². The molecule has 0 fully saturated rings. The summed E-state index contributed by atoms with van der Waals surface area (Å²) in [5, 5.41) is 7.91. The monoisotopic (exact) mass is 478 g/mol. The number of carbonyl (C=O) groups is 1. The van der Waals surface area contributed by atoms with Gasteiger partial charge in [0, 0.05) is 11.8 Å². The van der Waals surface area contributed by atoms with Gasteiger partial charge < -0.3 is 19.3 Å². The third-order valence-corrected chi connectivity index (χ3v) is 5.02. The van der Waals surface area contributed by atoms with Crippen molar-refractivity contribution in [1.29, 1.82) is 0 Å². The van der Waals surface area contributed by atoms with E-state index in [9.17, 15) is 22.5 Å². The topological polar surface area (TPSA) is 96.6 Å². The van der Waals surface area contributed by atoms with Crippen LogP contribution in [0.15, 0.2) is 71.6 Å². The summed E-state index contributed by atoms with van der Waals surface area (Å²) in [6, 6.07) is 14.9. The van der Waals surface area contributed by atoms with Crippen molar-refractivity contribution < 1.29 is 32.0 Å². The SMILES string of the molecule is CC(C)Oc1ccc(Oc2cc(C(F)(F)F)ccc2C(=O)Nc2cccc([S+](N)[O-])c2)cc1. The van der Waals surface area contributed by atoms with Crippen molar-refractivity contribution in [3.8, 4) is 17.2 Å². The molecule has 3 N–H and O–H groups in total. The van der Waals surface area contributed by atoms with Gasteiger partial charge in [-0.3, -0.25) is 4.79 Å². The van der Waals surface area contributed by atoms with Crippen molar-refractivity contribution in [2.75, 3.05) is 5.32 Å². The van der Waals surface area contributed by atoms with E-state index in [1.165, 1.54) is 30.3 Å². The van der Waals surface area contributed by atoms with Crippen molar-refractivity contribution in [2.24, 2.45) is 5.14 Å². The molecule has 1 unspecified atom stereocenters. The zero-order valence-electron chi connectivity index (χ0n) is 17.7. The summed E-state index contributed by atoms with van der Waals surface area (Å²) in [6.45, 7) is 3.72. The quantitative estimate of drug-likeness (QED) is 0.436. The first kappa shape index (κ1) is 24.4. The number of benzene rings is 3. The molecular weight excluding hydrogens is 457 g/mol. The molecule has 1 amide bonds. The molecule has 0 aliphatic rings. The summed E-state index contributed by atoms with van der Waals surface area (Å²) in [5.74, 6) is -0.201. The molecular formula is C23H21F3N2O4S. The van der Waals surface area contributed by atoms with Crippen molar-refractivity contribution in [3.05, 3.63) is 77.9 Å². The Bertz CT molecular complexity index is 1120. The fourth-order valence-electron chi connectivity index (χ4n) is 2.85. The van der Waals surface area contributed by atoms with Crippen LogP contribution in [-0.4, -0.2) is 16.6 Å². The molecule has 0 saturated carbocycles. The highest BCUT2D eigenvalue weighted by atomic mass is 32.2. The van der Waals surface area contributed by atoms with Crippen LogP contribution in [0.5, 0.6) is 17.2 Å². The Balaban J connectivity index is 1.91. The molecule has 0 aromatic heterocycles. The van der Waals surface area contributed by atoms with Crippen LogP contribution in [0.1, 0.15) is 29.8 Å². The summed E-state index contributed by atoms with van der Waals surface area (Å²) >= 11 is -1.76. The van der Waals surface area contributed by atoms with Crippen LogP contribution in [0.2, 0.25) is 0 Å². The Morgan fingerprint density at radius 1 is 1.03 bits per heavy atom. The van der Waals surface area contributed by atoms with Crippen LogP contribution < -0.4 is 19.9 Å². The average Bonchev–Trinajstić information content (AvgIpc) is 2.74. The average molecular weight is 478 g/mol. The molecule has 0 aliphatic heterocycles. The van der Waals surface area contributed by atoms with Crippen molar-refractivity contribution in [2.45, 2.75) is 31.0 Å². The van der Waals surface area contributed by atoms with Crippen LogP contribution >= 0.6 is 0 Å². The number of carbonyl (C=O) groups excluding carboxylic acids is 1. The van der Waals surface area contributed by atoms with Crippen molar-refractivity contribution in [1.82, 2.24) is 0 Å². The maximum absolute atomic E-state index is 13.3. The molecule has 0 aliphatic carbocycles. The number of nitrogens with two attached hydrogens (primary N) is 1. The molecule has 33 heavy (non-hydrogen) atoms. The molecule has 0 spiro atoms. The summed E-state index contributed by atoms with van der Waals surface area (Å²) in [6.07, 6.45) is -4.67. The largest absolute Gasteiger partial charge is 0.593 e. The van der Waals surface area contributed by atoms with Gasteiger partial charge in [-0.2, -0.15) is 13.2 Å². The van der Waals surface area contributed by atoms with Crippen LogP contribution in [0, 0.1) is 0 Å². The number of ether oxygens (including phenoxy) is 2. The number of rotatable bonds is 7. The predicted molar refractivity (Wildman–Crippen MR) is 119 cm³/mol. The van der Waals surface area contributed by atoms with E-state index in [0.29, 0.717) is 5.75 Å². The van der Waals surface area contributed by atoms with E-state index < -0.39 is 29.0 Å². The number of halogens is 3. The fourth-order valence-corrected chi connectivity index (χ4v) is 3.31. The Morgan fingerprint density at radius 3 is 2.30 bits per heavy atom. The van der Waals surface area contributed by atoms with Crippen LogP contribution in [0.3, 0.4) is 0 Å². The maximum atomic E-state index is 13.3. The van der Waals surface area contributed by atoms with E-state index in [2.05, 4.69) is 5.32 Å². The predicted octanol–water partition coefficient (Wildman–Crippen LogP) is 5.52. The van der Waals surface area contributed by atoms with Gasteiger partial charge in [0.25, 0.3) is 5.91 Å². The normalized spacial score (nSPS) is 12.4. The van der Waals surface area contributed by atoms with E-state index >= 15 is 0 Å². The number of nitrogens with one attached hydrogen (secondary N) is 1. The van der Waals surface area contributed by atoms with E-state index in [4.69, 9.17) is 14.6 Å². The van der Waals surface area contributed by atoms with Crippen molar-refractivity contribution >= 4 is 23.0 Å². The molecule has 3 aromatic rings. The number of amides is 1. The van der Waals surface area contributed by atoms with Crippen LogP contribution in [-0.2, 0) is 17.5 Å². The first-order chi connectivity index (χ1) is 15.5. The van der Waals surface area contributed by atoms with E-state index in [1.54, 1.807) is 18.2 Å². The summed E-state index contributed by atoms with van der Waals surface area (Å²) in [5.41, 5.74) is -0.809. The molecule has 0 radical (unpaired) electrons. The molecule has 3 rings (SSSR count). The molecule has 0 saturated heterocycles. The van der Waals surface area contributed by atoms with Gasteiger partial charge in [-0.25, -0.2) is 0 Å². The molecule has 3 aromatic carbocycles. The number of anilines is 1. The summed E-state index contributed by atoms with van der Waals surface area (Å²) in [7, 11) is 0. The van der Waals surface area contributed by atoms with Gasteiger partial charge in [-0.15, -0.1) is 5.14 Å². The van der Waals surface area contributed by atoms with Crippen LogP contribution in [0.4, 0.5) is 18.9 Å². The lowest BCUT2D eigenvalue weighted by Gasteiger charge is -2.15. The zero-order valence-corrected chi connectivity index (χ0v) is 18.5. The minimum atomic E-state index is -4.62. The first-order valence-corrected chi connectivity index (χ1v) is 11.0. The Labute approximate surface area is 191 Å². The first-order valence-electron chi connectivity index (χ1n) is 9.76. The lowest BCUT2D eigenvalue weighted by Crippen LogP contribution is -2.16. The van der Waals surface area contributed by atoms with Gasteiger partial charge in [-0.05, 0) is 68.4 Å². The van der Waals surface area contributed by atoms with Gasteiger partial charge in [0.15, 0.2) is 4.90 Å². The maximum Gasteiger partial charge on any atom is 0.416 e. The molecule has 6 nitrogen and oxygen atoms in total. The van der Waals surface area contributed by atoms with Gasteiger partial charge in [0.1, 0.15) is 17.2 Å². The number of hydrogen-bond donors (Lipinski definition) is 2. The summed E-state index contributed by atoms with van der Waals surface area (Å²) < 4.78 is 62.4. The van der Waals surface area contributed by atoms with Gasteiger partial charge in [0.05, 0.1) is 28.6 Å². The van der Waals surface area contributed by atoms with Gasteiger partial charge in [-0.1, -0.05) is 6.07 Å². The third-order valence-electron chi connectivity index (χ3n) is 4.30. The summed E-state index contributed by atoms with van der Waals surface area (Å²) in [4.78, 5) is 13.1. The third kappa shape index (κ3) is 6.64. The Kier molecular flexibility index (Phi) is 7.52. The fraction of sp³-hybridized carbons (Fsp3) is 0.174. The van der Waals surface area contributed by atoms with E-state index in [0.717, 1.165) is 18.2 Å². The Morgan fingerprint density at radius 2 is 1.70 bits per heavy atom. The second-order valence-corrected chi connectivity index (χ2v) is 8.29. The molecule has 0 heterocycles. The van der Waals surface area contributed by atoms with Gasteiger partial charge in [0.2, 0.25) is 0 Å². The lowest BCUT2D eigenvalue weighted by molar-refractivity contribution is -0.137. The van der Waals surface area contributed by atoms with Crippen molar-refractivity contribution in [3.63, 3.8) is 0 Å². The van der Waals surface area contributed by atoms with Crippen LogP contribution in [0.25, 0.3) is 0 Å². The highest BCUT2D eigenvalue weighted by Gasteiger charge is 2.32. The molecule has 0 bridgehead atoms. The smallest absolute Gasteiger partial charge is 0.416 e. The minimum Gasteiger partial charge on any atom is -0.593 e.